The van der Waals surface area contributed by atoms with E-state index >= 15 is 0 Å². The largest absolute Gasteiger partial charge is 0.451 e. The lowest BCUT2D eigenvalue weighted by Gasteiger charge is -2.26. The van der Waals surface area contributed by atoms with Gasteiger partial charge < -0.3 is 19.7 Å². The Hall–Kier alpha value is -2.60. The highest BCUT2D eigenvalue weighted by molar-refractivity contribution is 5.91. The second kappa shape index (κ2) is 8.86. The maximum absolute atomic E-state index is 12.6. The van der Waals surface area contributed by atoms with Crippen molar-refractivity contribution in [3.8, 4) is 0 Å². The molecule has 0 fully saturated rings. The van der Waals surface area contributed by atoms with Crippen LogP contribution in [0.2, 0.25) is 0 Å². The fraction of sp³-hybridized carbons (Fsp3) is 0.429. The van der Waals surface area contributed by atoms with Crippen LogP contribution in [-0.2, 0) is 16.1 Å². The van der Waals surface area contributed by atoms with Crippen molar-refractivity contribution >= 4 is 11.9 Å². The van der Waals surface area contributed by atoms with Gasteiger partial charge in [-0.05, 0) is 45.7 Å². The van der Waals surface area contributed by atoms with Gasteiger partial charge in [-0.15, -0.1) is 0 Å². The lowest BCUT2D eigenvalue weighted by molar-refractivity contribution is -0.136. The van der Waals surface area contributed by atoms with Crippen LogP contribution in [0.4, 0.5) is 0 Å². The minimum atomic E-state index is -0.688. The molecule has 0 saturated heterocycles. The number of hydrogen-bond acceptors (Lipinski definition) is 4. The number of carbonyl (C=O) groups is 2. The van der Waals surface area contributed by atoms with Crippen molar-refractivity contribution in [3.63, 3.8) is 0 Å². The van der Waals surface area contributed by atoms with Gasteiger partial charge in [0.15, 0.2) is 6.61 Å². The average molecular weight is 372 g/mol. The lowest BCUT2D eigenvalue weighted by atomic mass is 10.1. The molecule has 1 atom stereocenters. The highest BCUT2D eigenvalue weighted by Gasteiger charge is 2.23. The second-order valence-electron chi connectivity index (χ2n) is 7.02. The quantitative estimate of drug-likeness (QED) is 0.731. The third-order valence-electron chi connectivity index (χ3n) is 4.58. The monoisotopic (exact) mass is 372 g/mol. The number of nitrogens with zero attached hydrogens (tertiary/aromatic N) is 1. The number of aryl methyl sites for hydroxylation is 1. The molecule has 0 aliphatic rings. The van der Waals surface area contributed by atoms with Crippen LogP contribution >= 0.6 is 0 Å². The minimum absolute atomic E-state index is 0.0206. The SMILES string of the molecule is Cc1[nH]c(C(=O)OCC(=O)N(Cc2ccccc2)C(C)C)c(C)c1[C@H](C)O. The summed E-state index contributed by atoms with van der Waals surface area (Å²) in [5.41, 5.74) is 3.33. The van der Waals surface area contributed by atoms with E-state index in [0.717, 1.165) is 5.56 Å². The molecule has 0 unspecified atom stereocenters. The number of rotatable bonds is 7. The molecule has 1 heterocycles. The van der Waals surface area contributed by atoms with E-state index in [1.165, 1.54) is 0 Å². The van der Waals surface area contributed by atoms with Crippen molar-refractivity contribution in [2.75, 3.05) is 6.61 Å². The van der Waals surface area contributed by atoms with Crippen LogP contribution in [0.25, 0.3) is 0 Å². The Balaban J connectivity index is 2.04. The van der Waals surface area contributed by atoms with E-state index in [-0.39, 0.29) is 24.2 Å². The molecule has 6 heteroatoms. The van der Waals surface area contributed by atoms with Crippen molar-refractivity contribution < 1.29 is 19.4 Å². The van der Waals surface area contributed by atoms with E-state index in [4.69, 9.17) is 4.74 Å². The number of H-pyrrole nitrogens is 1. The third-order valence-corrected chi connectivity index (χ3v) is 4.58. The summed E-state index contributed by atoms with van der Waals surface area (Å²) in [6, 6.07) is 9.67. The van der Waals surface area contributed by atoms with Crippen molar-refractivity contribution in [2.45, 2.75) is 53.3 Å². The number of hydrogen-bond donors (Lipinski definition) is 2. The number of aromatic amines is 1. The Morgan fingerprint density at radius 3 is 2.30 bits per heavy atom. The molecule has 2 rings (SSSR count). The molecule has 1 aromatic carbocycles. The maximum Gasteiger partial charge on any atom is 0.355 e. The minimum Gasteiger partial charge on any atom is -0.451 e. The van der Waals surface area contributed by atoms with Gasteiger partial charge in [-0.2, -0.15) is 0 Å². The number of aromatic nitrogens is 1. The van der Waals surface area contributed by atoms with Crippen LogP contribution in [0.1, 0.15) is 59.7 Å². The fourth-order valence-electron chi connectivity index (χ4n) is 3.22. The summed E-state index contributed by atoms with van der Waals surface area (Å²) in [6.07, 6.45) is -0.688. The first kappa shape index (κ1) is 20.7. The molecule has 0 aliphatic carbocycles. The number of benzene rings is 1. The molecular weight excluding hydrogens is 344 g/mol. The molecule has 2 N–H and O–H groups in total. The molecular formula is C21H28N2O4. The number of ether oxygens (including phenoxy) is 1. The van der Waals surface area contributed by atoms with E-state index in [9.17, 15) is 14.7 Å². The van der Waals surface area contributed by atoms with Crippen LogP contribution in [0.15, 0.2) is 30.3 Å². The smallest absolute Gasteiger partial charge is 0.355 e. The third kappa shape index (κ3) is 4.98. The molecule has 2 aromatic rings. The van der Waals surface area contributed by atoms with Gasteiger partial charge in [0.2, 0.25) is 0 Å². The summed E-state index contributed by atoms with van der Waals surface area (Å²) in [7, 11) is 0. The lowest BCUT2D eigenvalue weighted by Crippen LogP contribution is -2.39. The van der Waals surface area contributed by atoms with Gasteiger partial charge in [-0.1, -0.05) is 30.3 Å². The van der Waals surface area contributed by atoms with Crippen molar-refractivity contribution in [1.82, 2.24) is 9.88 Å². The van der Waals surface area contributed by atoms with Gasteiger partial charge in [0, 0.05) is 23.8 Å². The fourth-order valence-corrected chi connectivity index (χ4v) is 3.22. The molecule has 6 nitrogen and oxygen atoms in total. The van der Waals surface area contributed by atoms with Crippen molar-refractivity contribution in [1.29, 1.82) is 0 Å². The number of esters is 1. The first-order valence-electron chi connectivity index (χ1n) is 9.10. The van der Waals surface area contributed by atoms with Gasteiger partial charge in [-0.25, -0.2) is 4.79 Å². The van der Waals surface area contributed by atoms with Crippen LogP contribution in [0.5, 0.6) is 0 Å². The van der Waals surface area contributed by atoms with Crippen molar-refractivity contribution in [3.05, 3.63) is 58.4 Å². The Morgan fingerprint density at radius 1 is 1.15 bits per heavy atom. The van der Waals surface area contributed by atoms with Crippen LogP contribution in [-0.4, -0.2) is 39.5 Å². The predicted molar refractivity (Wildman–Crippen MR) is 103 cm³/mol. The topological polar surface area (TPSA) is 82.6 Å². The molecule has 1 amide bonds. The molecule has 1 aromatic heterocycles. The first-order chi connectivity index (χ1) is 12.7. The molecule has 0 saturated carbocycles. The van der Waals surface area contributed by atoms with Gasteiger partial charge >= 0.3 is 5.97 Å². The summed E-state index contributed by atoms with van der Waals surface area (Å²) < 4.78 is 5.24. The number of carbonyl (C=O) groups excluding carboxylic acids is 2. The van der Waals surface area contributed by atoms with E-state index in [0.29, 0.717) is 23.4 Å². The number of aliphatic hydroxyl groups is 1. The zero-order valence-electron chi connectivity index (χ0n) is 16.6. The van der Waals surface area contributed by atoms with E-state index in [2.05, 4.69) is 4.98 Å². The molecule has 0 radical (unpaired) electrons. The van der Waals surface area contributed by atoms with Crippen molar-refractivity contribution in [2.24, 2.45) is 0 Å². The van der Waals surface area contributed by atoms with E-state index < -0.39 is 12.1 Å². The summed E-state index contributed by atoms with van der Waals surface area (Å²) >= 11 is 0. The number of nitrogens with one attached hydrogen (secondary N) is 1. The van der Waals surface area contributed by atoms with E-state index in [1.54, 1.807) is 25.7 Å². The van der Waals surface area contributed by atoms with Gasteiger partial charge in [0.1, 0.15) is 5.69 Å². The summed E-state index contributed by atoms with van der Waals surface area (Å²) in [5, 5.41) is 9.84. The van der Waals surface area contributed by atoms with Gasteiger partial charge in [-0.3, -0.25) is 4.79 Å². The first-order valence-corrected chi connectivity index (χ1v) is 9.10. The molecule has 146 valence electrons. The standard InChI is InChI=1S/C21H28N2O4/c1-13(2)23(11-17-9-7-6-8-10-17)18(25)12-27-21(26)20-14(3)19(16(5)24)15(4)22-20/h6-10,13,16,22,24H,11-12H2,1-5H3/t16-/m0/s1. The number of aliphatic hydroxyl groups excluding tert-OH is 1. The van der Waals surface area contributed by atoms with Gasteiger partial charge in [0.25, 0.3) is 5.91 Å². The zero-order valence-corrected chi connectivity index (χ0v) is 16.6. The molecule has 0 aliphatic heterocycles. The maximum atomic E-state index is 12.6. The summed E-state index contributed by atoms with van der Waals surface area (Å²) in [6.45, 7) is 9.17. The van der Waals surface area contributed by atoms with Crippen LogP contribution in [0, 0.1) is 13.8 Å². The normalized spacial score (nSPS) is 12.1. The highest BCUT2D eigenvalue weighted by atomic mass is 16.5. The Kier molecular flexibility index (Phi) is 6.80. The number of amides is 1. The Labute approximate surface area is 160 Å². The Bertz CT molecular complexity index is 794. The molecule has 0 bridgehead atoms. The zero-order chi connectivity index (χ0) is 20.1. The van der Waals surface area contributed by atoms with Crippen LogP contribution < -0.4 is 0 Å². The van der Waals surface area contributed by atoms with E-state index in [1.807, 2.05) is 44.2 Å². The highest BCUT2D eigenvalue weighted by Crippen LogP contribution is 2.24. The van der Waals surface area contributed by atoms with Gasteiger partial charge in [0.05, 0.1) is 6.10 Å². The summed E-state index contributed by atoms with van der Waals surface area (Å²) in [5.74, 6) is -0.849. The average Bonchev–Trinajstić information content (AvgIpc) is 2.92. The second-order valence-corrected chi connectivity index (χ2v) is 7.02. The molecule has 0 spiro atoms. The van der Waals surface area contributed by atoms with Crippen LogP contribution in [0.3, 0.4) is 0 Å². The Morgan fingerprint density at radius 2 is 1.78 bits per heavy atom. The summed E-state index contributed by atoms with van der Waals surface area (Å²) in [4.78, 5) is 29.6. The predicted octanol–water partition coefficient (Wildman–Crippen LogP) is 3.28. The molecule has 27 heavy (non-hydrogen) atoms.